The Kier molecular flexibility index (Phi) is 17.0. The van der Waals surface area contributed by atoms with Gasteiger partial charge in [-0.15, -0.1) is 23.2 Å². The number of nitrogens with zero attached hydrogens (tertiary/aromatic N) is 4. The van der Waals surface area contributed by atoms with Gasteiger partial charge in [0.2, 0.25) is 12.1 Å². The molecule has 2 unspecified atom stereocenters. The predicted octanol–water partition coefficient (Wildman–Crippen LogP) is 10.4. The van der Waals surface area contributed by atoms with Crippen LogP contribution >= 0.6 is 46.4 Å². The molecule has 5 aromatic rings. The monoisotopic (exact) mass is 946 g/mol. The van der Waals surface area contributed by atoms with Gasteiger partial charge in [0.05, 0.1) is 35.6 Å². The normalized spacial score (nSPS) is 12.0. The smallest absolute Gasteiger partial charge is 0.258 e. The van der Waals surface area contributed by atoms with Gasteiger partial charge in [0.1, 0.15) is 22.9 Å². The number of nitrogens with one attached hydrogen (secondary N) is 4. The Balaban J connectivity index is 1.30. The summed E-state index contributed by atoms with van der Waals surface area (Å²) in [5.74, 6) is -3.52. The SMILES string of the molecule is COc1cc(NC(=O)C(N=Nc2cc(C(=O)Nc3ccc(CCl)cc3)ccc2Cl)C(C)=O)c(OC)cc1NC(=O)C(N=Nc1cc(C(=O)Nc2ccc(CCl)cc2)ccc1Cl)C(C)=O. The van der Waals surface area contributed by atoms with E-state index in [2.05, 4.69) is 41.7 Å². The molecule has 330 valence electrons. The molecule has 0 bridgehead atoms. The third kappa shape index (κ3) is 12.7. The van der Waals surface area contributed by atoms with Crippen molar-refractivity contribution in [2.75, 3.05) is 35.5 Å². The molecule has 0 spiro atoms. The summed E-state index contributed by atoms with van der Waals surface area (Å²) in [5, 5.41) is 26.8. The number of hydrogen-bond acceptors (Lipinski definition) is 12. The van der Waals surface area contributed by atoms with E-state index in [9.17, 15) is 28.8 Å². The predicted molar refractivity (Wildman–Crippen MR) is 246 cm³/mol. The Labute approximate surface area is 386 Å². The summed E-state index contributed by atoms with van der Waals surface area (Å²) in [5.41, 5.74) is 3.18. The fraction of sp³-hybridized carbons (Fsp3) is 0.182. The van der Waals surface area contributed by atoms with Crippen LogP contribution in [0, 0.1) is 0 Å². The van der Waals surface area contributed by atoms with Crippen molar-refractivity contribution in [2.24, 2.45) is 20.5 Å². The number of carbonyl (C=O) groups is 6. The van der Waals surface area contributed by atoms with E-state index >= 15 is 0 Å². The van der Waals surface area contributed by atoms with Gasteiger partial charge in [-0.25, -0.2) is 0 Å². The molecule has 0 aromatic heterocycles. The lowest BCUT2D eigenvalue weighted by Crippen LogP contribution is -2.32. The van der Waals surface area contributed by atoms with Gasteiger partial charge < -0.3 is 30.7 Å². The van der Waals surface area contributed by atoms with Gasteiger partial charge in [-0.2, -0.15) is 20.5 Å². The third-order valence-electron chi connectivity index (χ3n) is 9.01. The van der Waals surface area contributed by atoms with Crippen molar-refractivity contribution >= 4 is 116 Å². The fourth-order valence-corrected chi connectivity index (χ4v) is 6.26. The minimum absolute atomic E-state index is 0.000566. The first-order valence-electron chi connectivity index (χ1n) is 18.9. The highest BCUT2D eigenvalue weighted by Crippen LogP contribution is 2.37. The number of Topliss-reactive ketones (excluding diaryl/α,β-unsaturated/α-hetero) is 2. The van der Waals surface area contributed by atoms with E-state index in [1.807, 2.05) is 0 Å². The Bertz CT molecular complexity index is 2460. The minimum Gasteiger partial charge on any atom is -0.494 e. The number of ketones is 2. The highest BCUT2D eigenvalue weighted by molar-refractivity contribution is 6.33. The van der Waals surface area contributed by atoms with Gasteiger partial charge >= 0.3 is 0 Å². The second-order valence-electron chi connectivity index (χ2n) is 13.6. The molecule has 4 amide bonds. The number of amides is 4. The standard InChI is InChI=1S/C44H38Cl4N8O8/c1-23(57)39(55-53-33-17-27(9-15-31(33)47)41(59)49-29-11-5-25(21-45)6-12-29)43(61)51-35-19-38(64-4)36(20-37(35)63-3)52-44(62)40(24(2)58)56-54-34-18-28(10-16-32(34)48)42(60)50-30-13-7-26(22-46)8-14-30/h5-20,39-40H,21-22H2,1-4H3,(H,49,59)(H,50,60)(H,51,61)(H,52,62). The van der Waals surface area contributed by atoms with Crippen LogP contribution in [-0.4, -0.2) is 61.5 Å². The van der Waals surface area contributed by atoms with Crippen LogP contribution in [0.25, 0.3) is 0 Å². The van der Waals surface area contributed by atoms with Crippen molar-refractivity contribution in [1.82, 2.24) is 0 Å². The van der Waals surface area contributed by atoms with Crippen LogP contribution < -0.4 is 30.7 Å². The lowest BCUT2D eigenvalue weighted by Gasteiger charge is -2.18. The number of carbonyl (C=O) groups excluding carboxylic acids is 6. The number of methoxy groups -OCH3 is 2. The maximum absolute atomic E-state index is 13.5. The van der Waals surface area contributed by atoms with E-state index in [0.717, 1.165) is 25.0 Å². The Morgan fingerprint density at radius 3 is 1.20 bits per heavy atom. The van der Waals surface area contributed by atoms with E-state index in [-0.39, 0.29) is 55.4 Å². The number of anilines is 4. The van der Waals surface area contributed by atoms with Crippen LogP contribution in [0.5, 0.6) is 11.5 Å². The maximum Gasteiger partial charge on any atom is 0.258 e. The number of halogens is 4. The highest BCUT2D eigenvalue weighted by Gasteiger charge is 2.28. The summed E-state index contributed by atoms with van der Waals surface area (Å²) >= 11 is 24.3. The average Bonchev–Trinajstić information content (AvgIpc) is 3.28. The zero-order chi connectivity index (χ0) is 46.5. The Morgan fingerprint density at radius 1 is 0.531 bits per heavy atom. The Hall–Kier alpha value is -6.72. The lowest BCUT2D eigenvalue weighted by molar-refractivity contribution is -0.127. The molecular weight excluding hydrogens is 910 g/mol. The van der Waals surface area contributed by atoms with Crippen LogP contribution in [-0.2, 0) is 30.9 Å². The molecule has 0 aliphatic heterocycles. The molecule has 5 aromatic carbocycles. The zero-order valence-electron chi connectivity index (χ0n) is 34.4. The molecule has 0 saturated carbocycles. The molecule has 2 atom stereocenters. The summed E-state index contributed by atoms with van der Waals surface area (Å²) in [4.78, 5) is 78.3. The van der Waals surface area contributed by atoms with Crippen molar-refractivity contribution in [1.29, 1.82) is 0 Å². The first-order valence-corrected chi connectivity index (χ1v) is 20.7. The minimum atomic E-state index is -1.68. The Morgan fingerprint density at radius 2 is 0.891 bits per heavy atom. The van der Waals surface area contributed by atoms with Gasteiger partial charge in [0.15, 0.2) is 11.6 Å². The average molecular weight is 949 g/mol. The summed E-state index contributed by atoms with van der Waals surface area (Å²) in [6, 6.07) is 21.6. The van der Waals surface area contributed by atoms with Crippen LogP contribution in [0.4, 0.5) is 34.1 Å². The number of benzene rings is 5. The van der Waals surface area contributed by atoms with Crippen molar-refractivity contribution in [3.63, 3.8) is 0 Å². The molecular formula is C44H38Cl4N8O8. The molecule has 16 nitrogen and oxygen atoms in total. The van der Waals surface area contributed by atoms with E-state index < -0.39 is 47.3 Å². The van der Waals surface area contributed by atoms with Gasteiger partial charge in [0, 0.05) is 46.4 Å². The van der Waals surface area contributed by atoms with Gasteiger partial charge in [0.25, 0.3) is 23.6 Å². The number of alkyl halides is 2. The van der Waals surface area contributed by atoms with E-state index in [1.165, 1.54) is 62.8 Å². The highest BCUT2D eigenvalue weighted by atomic mass is 35.5. The number of rotatable bonds is 18. The molecule has 4 N–H and O–H groups in total. The summed E-state index contributed by atoms with van der Waals surface area (Å²) in [7, 11) is 2.57. The topological polar surface area (TPSA) is 218 Å². The molecule has 5 rings (SSSR count). The third-order valence-corrected chi connectivity index (χ3v) is 10.3. The first kappa shape index (κ1) is 48.3. The molecule has 0 fully saturated rings. The molecule has 0 radical (unpaired) electrons. The molecule has 0 heterocycles. The first-order chi connectivity index (χ1) is 30.6. The molecule has 0 aliphatic rings. The van der Waals surface area contributed by atoms with E-state index in [1.54, 1.807) is 48.5 Å². The molecule has 64 heavy (non-hydrogen) atoms. The second kappa shape index (κ2) is 22.6. The van der Waals surface area contributed by atoms with Crippen molar-refractivity contribution in [2.45, 2.75) is 37.7 Å². The van der Waals surface area contributed by atoms with Gasteiger partial charge in [-0.1, -0.05) is 47.5 Å². The zero-order valence-corrected chi connectivity index (χ0v) is 37.4. The van der Waals surface area contributed by atoms with E-state index in [0.29, 0.717) is 23.1 Å². The summed E-state index contributed by atoms with van der Waals surface area (Å²) in [6.45, 7) is 2.27. The number of azo groups is 2. The largest absolute Gasteiger partial charge is 0.494 e. The second-order valence-corrected chi connectivity index (χ2v) is 14.9. The number of ether oxygens (including phenoxy) is 2. The van der Waals surface area contributed by atoms with Crippen LogP contribution in [0.3, 0.4) is 0 Å². The molecule has 20 heteroatoms. The maximum atomic E-state index is 13.5. The van der Waals surface area contributed by atoms with E-state index in [4.69, 9.17) is 55.9 Å². The summed E-state index contributed by atoms with van der Waals surface area (Å²) < 4.78 is 10.9. The molecule has 0 aliphatic carbocycles. The van der Waals surface area contributed by atoms with Crippen molar-refractivity contribution in [3.05, 3.63) is 129 Å². The van der Waals surface area contributed by atoms with Crippen LogP contribution in [0.15, 0.2) is 118 Å². The molecule has 0 saturated heterocycles. The van der Waals surface area contributed by atoms with Crippen molar-refractivity contribution in [3.8, 4) is 11.5 Å². The number of hydrogen-bond donors (Lipinski definition) is 4. The van der Waals surface area contributed by atoms with Crippen LogP contribution in [0.1, 0.15) is 45.7 Å². The van der Waals surface area contributed by atoms with Gasteiger partial charge in [-0.05, 0) is 85.6 Å². The van der Waals surface area contributed by atoms with Crippen molar-refractivity contribution < 1.29 is 38.2 Å². The summed E-state index contributed by atoms with van der Waals surface area (Å²) in [6.07, 6.45) is 0. The quantitative estimate of drug-likeness (QED) is 0.0375. The fourth-order valence-electron chi connectivity index (χ4n) is 5.59. The van der Waals surface area contributed by atoms with Crippen LogP contribution in [0.2, 0.25) is 10.0 Å². The lowest BCUT2D eigenvalue weighted by atomic mass is 10.1. The van der Waals surface area contributed by atoms with Gasteiger partial charge in [-0.3, -0.25) is 28.8 Å².